The van der Waals surface area contributed by atoms with Gasteiger partial charge in [0.1, 0.15) is 0 Å². The van der Waals surface area contributed by atoms with Crippen LogP contribution in [-0.4, -0.2) is 25.4 Å². The van der Waals surface area contributed by atoms with E-state index in [0.717, 1.165) is 41.5 Å². The van der Waals surface area contributed by atoms with E-state index in [1.807, 2.05) is 25.1 Å². The van der Waals surface area contributed by atoms with Crippen molar-refractivity contribution in [3.63, 3.8) is 0 Å². The molecule has 3 aromatic rings. The highest BCUT2D eigenvalue weighted by Gasteiger charge is 2.23. The maximum Gasteiger partial charge on any atom is 0.257 e. The average molecular weight is 416 g/mol. The van der Waals surface area contributed by atoms with Gasteiger partial charge in [-0.25, -0.2) is 18.1 Å². The number of hydrogen-bond donors (Lipinski definition) is 2. The SMILES string of the molecule is Cc1ccc2nc(NC(=O)c3cccc(S(=O)(=O)NC4CCCC4)c3)sc2c1. The molecule has 0 atom stereocenters. The van der Waals surface area contributed by atoms with Crippen molar-refractivity contribution in [3.05, 3.63) is 53.6 Å². The van der Waals surface area contributed by atoms with Gasteiger partial charge in [0.05, 0.1) is 15.1 Å². The third-order valence-electron chi connectivity index (χ3n) is 4.85. The summed E-state index contributed by atoms with van der Waals surface area (Å²) in [6, 6.07) is 12.0. The lowest BCUT2D eigenvalue weighted by molar-refractivity contribution is 0.102. The van der Waals surface area contributed by atoms with Crippen molar-refractivity contribution in [1.29, 1.82) is 0 Å². The van der Waals surface area contributed by atoms with Crippen LogP contribution in [0, 0.1) is 6.92 Å². The summed E-state index contributed by atoms with van der Waals surface area (Å²) in [4.78, 5) is 17.1. The van der Waals surface area contributed by atoms with Crippen LogP contribution in [0.5, 0.6) is 0 Å². The molecule has 1 aliphatic carbocycles. The van der Waals surface area contributed by atoms with Crippen LogP contribution >= 0.6 is 11.3 Å². The third kappa shape index (κ3) is 4.09. The topological polar surface area (TPSA) is 88.2 Å². The number of nitrogens with one attached hydrogen (secondary N) is 2. The Balaban J connectivity index is 1.53. The molecule has 6 nitrogen and oxygen atoms in total. The Bertz CT molecular complexity index is 1130. The first-order chi connectivity index (χ1) is 13.4. The van der Waals surface area contributed by atoms with Gasteiger partial charge < -0.3 is 0 Å². The van der Waals surface area contributed by atoms with Crippen LogP contribution in [-0.2, 0) is 10.0 Å². The molecule has 0 unspecified atom stereocenters. The molecule has 146 valence electrons. The van der Waals surface area contributed by atoms with Crippen LogP contribution in [0.2, 0.25) is 0 Å². The van der Waals surface area contributed by atoms with Crippen molar-refractivity contribution in [3.8, 4) is 0 Å². The summed E-state index contributed by atoms with van der Waals surface area (Å²) in [5.41, 5.74) is 2.23. The summed E-state index contributed by atoms with van der Waals surface area (Å²) in [6.07, 6.45) is 3.79. The maximum atomic E-state index is 12.6. The largest absolute Gasteiger partial charge is 0.298 e. The number of anilines is 1. The lowest BCUT2D eigenvalue weighted by Gasteiger charge is -2.13. The molecule has 2 N–H and O–H groups in total. The molecule has 4 rings (SSSR count). The molecule has 8 heteroatoms. The Labute approximate surface area is 168 Å². The summed E-state index contributed by atoms with van der Waals surface area (Å²) in [5.74, 6) is -0.381. The van der Waals surface area contributed by atoms with Gasteiger partial charge in [-0.05, 0) is 55.7 Å². The summed E-state index contributed by atoms with van der Waals surface area (Å²) in [7, 11) is -3.64. The van der Waals surface area contributed by atoms with Gasteiger partial charge in [0.25, 0.3) is 5.91 Å². The van der Waals surface area contributed by atoms with Gasteiger partial charge in [-0.2, -0.15) is 0 Å². The molecule has 1 aliphatic rings. The minimum atomic E-state index is -3.64. The fourth-order valence-corrected chi connectivity index (χ4v) is 5.70. The standard InChI is InChI=1S/C20H21N3O3S2/c1-13-9-10-17-18(11-13)27-20(21-17)22-19(24)14-5-4-8-16(12-14)28(25,26)23-15-6-2-3-7-15/h4-5,8-12,15,23H,2-3,6-7H2,1H3,(H,21,22,24). The molecular formula is C20H21N3O3S2. The van der Waals surface area contributed by atoms with Crippen molar-refractivity contribution < 1.29 is 13.2 Å². The second-order valence-electron chi connectivity index (χ2n) is 7.07. The first kappa shape index (κ1) is 19.0. The minimum absolute atomic E-state index is 0.0197. The zero-order valence-corrected chi connectivity index (χ0v) is 17.1. The molecule has 0 aliphatic heterocycles. The third-order valence-corrected chi connectivity index (χ3v) is 7.30. The van der Waals surface area contributed by atoms with Gasteiger partial charge in [0.15, 0.2) is 5.13 Å². The highest BCUT2D eigenvalue weighted by Crippen LogP contribution is 2.27. The molecule has 1 aromatic heterocycles. The molecule has 1 amide bonds. The quantitative estimate of drug-likeness (QED) is 0.657. The van der Waals surface area contributed by atoms with E-state index in [2.05, 4.69) is 15.0 Å². The van der Waals surface area contributed by atoms with Gasteiger partial charge >= 0.3 is 0 Å². The van der Waals surface area contributed by atoms with Crippen molar-refractivity contribution >= 4 is 42.6 Å². The number of aryl methyl sites for hydroxylation is 1. The first-order valence-electron chi connectivity index (χ1n) is 9.22. The summed E-state index contributed by atoms with van der Waals surface area (Å²) in [6.45, 7) is 2.00. The fourth-order valence-electron chi connectivity index (χ4n) is 3.39. The summed E-state index contributed by atoms with van der Waals surface area (Å²) in [5, 5.41) is 3.26. The summed E-state index contributed by atoms with van der Waals surface area (Å²) >= 11 is 1.39. The van der Waals surface area contributed by atoms with E-state index in [0.29, 0.717) is 5.13 Å². The second-order valence-corrected chi connectivity index (χ2v) is 9.82. The Morgan fingerprint density at radius 2 is 1.93 bits per heavy atom. The number of benzene rings is 2. The van der Waals surface area contributed by atoms with Gasteiger partial charge in [-0.1, -0.05) is 36.3 Å². The highest BCUT2D eigenvalue weighted by atomic mass is 32.2. The lowest BCUT2D eigenvalue weighted by Crippen LogP contribution is -2.32. The number of sulfonamides is 1. The van der Waals surface area contributed by atoms with Gasteiger partial charge in [0.2, 0.25) is 10.0 Å². The summed E-state index contributed by atoms with van der Waals surface area (Å²) < 4.78 is 29.0. The van der Waals surface area contributed by atoms with Crippen LogP contribution in [0.15, 0.2) is 47.4 Å². The van der Waals surface area contributed by atoms with E-state index in [9.17, 15) is 13.2 Å². The predicted molar refractivity (Wildman–Crippen MR) is 111 cm³/mol. The van der Waals surface area contributed by atoms with Crippen LogP contribution in [0.3, 0.4) is 0 Å². The van der Waals surface area contributed by atoms with Crippen molar-refractivity contribution in [1.82, 2.24) is 9.71 Å². The minimum Gasteiger partial charge on any atom is -0.298 e. The monoisotopic (exact) mass is 415 g/mol. The molecular weight excluding hydrogens is 394 g/mol. The van der Waals surface area contributed by atoms with E-state index < -0.39 is 10.0 Å². The number of hydrogen-bond acceptors (Lipinski definition) is 5. The normalized spacial score (nSPS) is 15.2. The van der Waals surface area contributed by atoms with E-state index in [4.69, 9.17) is 0 Å². The van der Waals surface area contributed by atoms with Gasteiger partial charge in [0, 0.05) is 11.6 Å². The zero-order chi connectivity index (χ0) is 19.7. The molecule has 0 radical (unpaired) electrons. The smallest absolute Gasteiger partial charge is 0.257 e. The predicted octanol–water partition coefficient (Wildman–Crippen LogP) is 4.08. The van der Waals surface area contributed by atoms with Crippen molar-refractivity contribution in [2.45, 2.75) is 43.5 Å². The van der Waals surface area contributed by atoms with Crippen LogP contribution in [0.4, 0.5) is 5.13 Å². The number of nitrogens with zero attached hydrogens (tertiary/aromatic N) is 1. The first-order valence-corrected chi connectivity index (χ1v) is 11.5. The zero-order valence-electron chi connectivity index (χ0n) is 15.4. The van der Waals surface area contributed by atoms with Crippen molar-refractivity contribution in [2.24, 2.45) is 0 Å². The van der Waals surface area contributed by atoms with Crippen LogP contribution in [0.25, 0.3) is 10.2 Å². The maximum absolute atomic E-state index is 12.6. The Morgan fingerprint density at radius 3 is 2.71 bits per heavy atom. The average Bonchev–Trinajstić information content (AvgIpc) is 3.30. The molecule has 0 spiro atoms. The number of rotatable bonds is 5. The number of aromatic nitrogens is 1. The fraction of sp³-hybridized carbons (Fsp3) is 0.300. The number of amides is 1. The lowest BCUT2D eigenvalue weighted by atomic mass is 10.2. The molecule has 0 bridgehead atoms. The van der Waals surface area contributed by atoms with E-state index >= 15 is 0 Å². The van der Waals surface area contributed by atoms with Crippen molar-refractivity contribution in [2.75, 3.05) is 5.32 Å². The Morgan fingerprint density at radius 1 is 1.14 bits per heavy atom. The van der Waals surface area contributed by atoms with E-state index in [1.165, 1.54) is 23.5 Å². The molecule has 1 fully saturated rings. The molecule has 1 saturated carbocycles. The number of carbonyl (C=O) groups is 1. The number of thiazole rings is 1. The van der Waals surface area contributed by atoms with E-state index in [1.54, 1.807) is 12.1 Å². The Kier molecular flexibility index (Phi) is 5.18. The van der Waals surface area contributed by atoms with Crippen LogP contribution < -0.4 is 10.0 Å². The number of carbonyl (C=O) groups excluding carboxylic acids is 1. The second kappa shape index (κ2) is 7.62. The number of fused-ring (bicyclic) bond motifs is 1. The molecule has 0 saturated heterocycles. The van der Waals surface area contributed by atoms with Gasteiger partial charge in [-0.15, -0.1) is 0 Å². The Hall–Kier alpha value is -2.29. The highest BCUT2D eigenvalue weighted by molar-refractivity contribution is 7.89. The van der Waals surface area contributed by atoms with Crippen LogP contribution in [0.1, 0.15) is 41.6 Å². The molecule has 1 heterocycles. The molecule has 2 aromatic carbocycles. The van der Waals surface area contributed by atoms with E-state index in [-0.39, 0.29) is 22.4 Å². The molecule has 28 heavy (non-hydrogen) atoms. The van der Waals surface area contributed by atoms with Gasteiger partial charge in [-0.3, -0.25) is 10.1 Å².